The van der Waals surface area contributed by atoms with Gasteiger partial charge in [-0.15, -0.1) is 0 Å². The van der Waals surface area contributed by atoms with Gasteiger partial charge in [-0.25, -0.2) is 9.78 Å². The molecule has 0 atom stereocenters. The Morgan fingerprint density at radius 1 is 1.25 bits per heavy atom. The molecular weight excluding hydrogens is 328 g/mol. The van der Waals surface area contributed by atoms with Gasteiger partial charge in [0.15, 0.2) is 11.5 Å². The molecule has 1 heterocycles. The van der Waals surface area contributed by atoms with E-state index in [0.29, 0.717) is 16.1 Å². The average Bonchev–Trinajstić information content (AvgIpc) is 2.47. The third-order valence-corrected chi connectivity index (χ3v) is 3.41. The minimum absolute atomic E-state index is 0.0151. The zero-order valence-electron chi connectivity index (χ0n) is 13.8. The van der Waals surface area contributed by atoms with Crippen LogP contribution >= 0.6 is 11.6 Å². The van der Waals surface area contributed by atoms with Gasteiger partial charge in [0.2, 0.25) is 0 Å². The number of aromatic nitrogens is 1. The van der Waals surface area contributed by atoms with Gasteiger partial charge in [0, 0.05) is 23.2 Å². The number of nitrogens with two attached hydrogens (primary N) is 1. The minimum Gasteiger partial charge on any atom is -0.455 e. The quantitative estimate of drug-likeness (QED) is 0.674. The molecule has 0 unspecified atom stereocenters. The number of carbonyl (C=O) groups excluding carboxylic acids is 2. The van der Waals surface area contributed by atoms with Crippen molar-refractivity contribution in [3.05, 3.63) is 58.4 Å². The maximum atomic E-state index is 12.4. The van der Waals surface area contributed by atoms with E-state index < -0.39 is 11.6 Å². The number of halogens is 1. The Bertz CT molecular complexity index is 782. The Balaban J connectivity index is 2.24. The van der Waals surface area contributed by atoms with E-state index in [-0.39, 0.29) is 23.6 Å². The van der Waals surface area contributed by atoms with Crippen molar-refractivity contribution in [2.45, 2.75) is 32.8 Å². The van der Waals surface area contributed by atoms with Crippen molar-refractivity contribution in [1.82, 2.24) is 4.98 Å². The van der Waals surface area contributed by atoms with Crippen molar-refractivity contribution < 1.29 is 14.3 Å². The summed E-state index contributed by atoms with van der Waals surface area (Å²) in [6.07, 6.45) is 1.49. The van der Waals surface area contributed by atoms with Gasteiger partial charge >= 0.3 is 5.97 Å². The van der Waals surface area contributed by atoms with Gasteiger partial charge in [0.05, 0.1) is 5.69 Å². The van der Waals surface area contributed by atoms with Crippen LogP contribution in [0, 0.1) is 0 Å². The molecule has 1 aromatic heterocycles. The minimum atomic E-state index is -0.655. The molecule has 0 fully saturated rings. The highest BCUT2D eigenvalue weighted by atomic mass is 35.5. The van der Waals surface area contributed by atoms with E-state index in [1.807, 2.05) is 0 Å². The molecule has 2 N–H and O–H groups in total. The number of benzene rings is 1. The lowest BCUT2D eigenvalue weighted by Gasteiger charge is -2.20. The summed E-state index contributed by atoms with van der Waals surface area (Å²) in [5, 5.41) is 0.484. The molecule has 5 nitrogen and oxygen atoms in total. The summed E-state index contributed by atoms with van der Waals surface area (Å²) in [6, 6.07) is 8.29. The lowest BCUT2D eigenvalue weighted by molar-refractivity contribution is 0.00639. The summed E-state index contributed by atoms with van der Waals surface area (Å²) in [5.41, 5.74) is 6.54. The summed E-state index contributed by atoms with van der Waals surface area (Å²) in [7, 11) is 0. The van der Waals surface area contributed by atoms with Crippen LogP contribution in [0.4, 0.5) is 5.69 Å². The number of hydrogen-bond donors (Lipinski definition) is 1. The standard InChI is InChI=1S/C18H19ClN2O3/c1-18(2,3)24-17(23)16-15(20)12(7-8-21-16)10-14(22)11-5-4-6-13(19)9-11/h4-9H,10,20H2,1-3H3. The van der Waals surface area contributed by atoms with Crippen molar-refractivity contribution in [2.24, 2.45) is 0 Å². The number of carbonyl (C=O) groups is 2. The molecule has 0 aliphatic heterocycles. The fourth-order valence-corrected chi connectivity index (χ4v) is 2.28. The van der Waals surface area contributed by atoms with Gasteiger partial charge in [0.25, 0.3) is 0 Å². The molecule has 2 rings (SSSR count). The number of ketones is 1. The Hall–Kier alpha value is -2.40. The van der Waals surface area contributed by atoms with E-state index in [1.165, 1.54) is 6.20 Å². The third-order valence-electron chi connectivity index (χ3n) is 3.17. The number of Topliss-reactive ketones (excluding diaryl/α,β-unsaturated/α-hetero) is 1. The van der Waals surface area contributed by atoms with Crippen LogP contribution in [0.3, 0.4) is 0 Å². The van der Waals surface area contributed by atoms with Crippen LogP contribution in [-0.4, -0.2) is 22.3 Å². The molecule has 0 spiro atoms. The SMILES string of the molecule is CC(C)(C)OC(=O)c1nccc(CC(=O)c2cccc(Cl)c2)c1N. The molecule has 0 radical (unpaired) electrons. The second-order valence-electron chi connectivity index (χ2n) is 6.34. The highest BCUT2D eigenvalue weighted by Gasteiger charge is 2.22. The average molecular weight is 347 g/mol. The first kappa shape index (κ1) is 17.9. The maximum absolute atomic E-state index is 12.4. The van der Waals surface area contributed by atoms with Crippen molar-refractivity contribution in [2.75, 3.05) is 5.73 Å². The van der Waals surface area contributed by atoms with E-state index in [1.54, 1.807) is 51.1 Å². The highest BCUT2D eigenvalue weighted by molar-refractivity contribution is 6.31. The summed E-state index contributed by atoms with van der Waals surface area (Å²) in [4.78, 5) is 28.5. The van der Waals surface area contributed by atoms with E-state index in [4.69, 9.17) is 22.1 Å². The molecule has 0 aliphatic rings. The Kier molecular flexibility index (Phi) is 5.24. The second-order valence-corrected chi connectivity index (χ2v) is 6.78. The Morgan fingerprint density at radius 2 is 1.96 bits per heavy atom. The number of nitrogens with zero attached hydrogens (tertiary/aromatic N) is 1. The fourth-order valence-electron chi connectivity index (χ4n) is 2.09. The molecule has 24 heavy (non-hydrogen) atoms. The van der Waals surface area contributed by atoms with Gasteiger partial charge in [0.1, 0.15) is 5.60 Å². The molecule has 0 aliphatic carbocycles. The first-order chi connectivity index (χ1) is 11.2. The van der Waals surface area contributed by atoms with Crippen molar-refractivity contribution in [3.8, 4) is 0 Å². The van der Waals surface area contributed by atoms with E-state index in [0.717, 1.165) is 0 Å². The van der Waals surface area contributed by atoms with Crippen LogP contribution < -0.4 is 5.73 Å². The van der Waals surface area contributed by atoms with Gasteiger partial charge in [-0.2, -0.15) is 0 Å². The largest absolute Gasteiger partial charge is 0.455 e. The highest BCUT2D eigenvalue weighted by Crippen LogP contribution is 2.21. The molecule has 6 heteroatoms. The number of esters is 1. The van der Waals surface area contributed by atoms with Gasteiger partial charge in [-0.05, 0) is 44.5 Å². The summed E-state index contributed by atoms with van der Waals surface area (Å²) in [5.74, 6) is -0.761. The molecule has 0 saturated carbocycles. The van der Waals surface area contributed by atoms with Crippen LogP contribution in [0.25, 0.3) is 0 Å². The van der Waals surface area contributed by atoms with Crippen LogP contribution in [0.1, 0.15) is 47.2 Å². The molecule has 0 amide bonds. The first-order valence-corrected chi connectivity index (χ1v) is 7.80. The number of hydrogen-bond acceptors (Lipinski definition) is 5. The van der Waals surface area contributed by atoms with Crippen LogP contribution in [-0.2, 0) is 11.2 Å². The number of anilines is 1. The number of rotatable bonds is 4. The molecule has 126 valence electrons. The predicted molar refractivity (Wildman–Crippen MR) is 93.3 cm³/mol. The van der Waals surface area contributed by atoms with Crippen molar-refractivity contribution >= 4 is 29.0 Å². The molecule has 0 bridgehead atoms. The fraction of sp³-hybridized carbons (Fsp3) is 0.278. The first-order valence-electron chi connectivity index (χ1n) is 7.43. The van der Waals surface area contributed by atoms with Gasteiger partial charge in [-0.3, -0.25) is 4.79 Å². The number of ether oxygens (including phenoxy) is 1. The number of nitrogen functional groups attached to an aromatic ring is 1. The molecule has 0 saturated heterocycles. The maximum Gasteiger partial charge on any atom is 0.359 e. The Labute approximate surface area is 145 Å². The normalized spacial score (nSPS) is 11.2. The molecule has 1 aromatic carbocycles. The van der Waals surface area contributed by atoms with Gasteiger partial charge in [-0.1, -0.05) is 23.7 Å². The van der Waals surface area contributed by atoms with E-state index in [9.17, 15) is 9.59 Å². The second kappa shape index (κ2) is 7.01. The van der Waals surface area contributed by atoms with Crippen LogP contribution in [0.15, 0.2) is 36.5 Å². The van der Waals surface area contributed by atoms with E-state index in [2.05, 4.69) is 4.98 Å². The zero-order chi connectivity index (χ0) is 17.9. The number of pyridine rings is 1. The topological polar surface area (TPSA) is 82.3 Å². The zero-order valence-corrected chi connectivity index (χ0v) is 14.6. The molecular formula is C18H19ClN2O3. The predicted octanol–water partition coefficient (Wildman–Crippen LogP) is 3.70. The smallest absolute Gasteiger partial charge is 0.359 e. The lowest BCUT2D eigenvalue weighted by Crippen LogP contribution is -2.25. The third kappa shape index (κ3) is 4.55. The summed E-state index contributed by atoms with van der Waals surface area (Å²) in [6.45, 7) is 5.27. The van der Waals surface area contributed by atoms with Crippen molar-refractivity contribution in [3.63, 3.8) is 0 Å². The Morgan fingerprint density at radius 3 is 2.58 bits per heavy atom. The lowest BCUT2D eigenvalue weighted by atomic mass is 10.0. The van der Waals surface area contributed by atoms with Crippen LogP contribution in [0.2, 0.25) is 5.02 Å². The van der Waals surface area contributed by atoms with Gasteiger partial charge < -0.3 is 10.5 Å². The monoisotopic (exact) mass is 346 g/mol. The van der Waals surface area contributed by atoms with E-state index >= 15 is 0 Å². The summed E-state index contributed by atoms with van der Waals surface area (Å²) >= 11 is 5.90. The van der Waals surface area contributed by atoms with Crippen molar-refractivity contribution in [1.29, 1.82) is 0 Å². The summed E-state index contributed by atoms with van der Waals surface area (Å²) < 4.78 is 5.28. The van der Waals surface area contributed by atoms with Crippen LogP contribution in [0.5, 0.6) is 0 Å². The molecule has 2 aromatic rings.